The van der Waals surface area contributed by atoms with Gasteiger partial charge in [-0.1, -0.05) is 24.3 Å². The number of H-pyrrole nitrogens is 1. The molecule has 2 aromatic heterocycles. The number of thiocarbonyl (C=S) groups is 1. The van der Waals surface area contributed by atoms with E-state index in [4.69, 9.17) is 12.2 Å². The number of hydrogen-bond donors (Lipinski definition) is 3. The molecule has 0 unspecified atom stereocenters. The molecule has 1 aromatic carbocycles. The largest absolute Gasteiger partial charge is 0.362 e. The van der Waals surface area contributed by atoms with Crippen LogP contribution in [-0.4, -0.2) is 22.7 Å². The van der Waals surface area contributed by atoms with E-state index in [-0.39, 0.29) is 5.92 Å². The molecule has 5 heteroatoms. The Labute approximate surface area is 146 Å². The Morgan fingerprint density at radius 2 is 2.04 bits per heavy atom. The fraction of sp³-hybridized carbons (Fsp3) is 0.278. The summed E-state index contributed by atoms with van der Waals surface area (Å²) < 4.78 is 0. The van der Waals surface area contributed by atoms with Gasteiger partial charge in [0, 0.05) is 40.5 Å². The third-order valence-electron chi connectivity index (χ3n) is 3.77. The Morgan fingerprint density at radius 1 is 1.22 bits per heavy atom. The second-order valence-electron chi connectivity index (χ2n) is 5.87. The standard InChI is InChI=1S/C18H21N3S2/c1-12(2)21-18(22)20-11-15(17-8-5-9-23-17)14-10-19-16-7-4-3-6-13(14)16/h3-10,12,15,19H,11H2,1-2H3,(H2,20,21,22)/t15-/m1/s1. The topological polar surface area (TPSA) is 39.8 Å². The van der Waals surface area contributed by atoms with Crippen LogP contribution in [0.1, 0.15) is 30.2 Å². The average Bonchev–Trinajstić information content (AvgIpc) is 3.17. The Hall–Kier alpha value is -1.85. The minimum absolute atomic E-state index is 0.276. The molecule has 0 spiro atoms. The van der Waals surface area contributed by atoms with Crippen molar-refractivity contribution in [2.24, 2.45) is 0 Å². The van der Waals surface area contributed by atoms with E-state index in [1.165, 1.54) is 21.3 Å². The van der Waals surface area contributed by atoms with Gasteiger partial charge in [-0.15, -0.1) is 11.3 Å². The maximum absolute atomic E-state index is 5.38. The van der Waals surface area contributed by atoms with E-state index in [1.807, 2.05) is 0 Å². The summed E-state index contributed by atoms with van der Waals surface area (Å²) in [6.45, 7) is 4.95. The van der Waals surface area contributed by atoms with Crippen LogP contribution in [0, 0.1) is 0 Å². The highest BCUT2D eigenvalue weighted by Crippen LogP contribution is 2.32. The van der Waals surface area contributed by atoms with Crippen LogP contribution in [0.3, 0.4) is 0 Å². The molecular formula is C18H21N3S2. The van der Waals surface area contributed by atoms with Gasteiger partial charge in [0.2, 0.25) is 0 Å². The number of aromatic nitrogens is 1. The molecule has 0 amide bonds. The van der Waals surface area contributed by atoms with Gasteiger partial charge in [0.05, 0.1) is 0 Å². The van der Waals surface area contributed by atoms with Crippen molar-refractivity contribution in [2.45, 2.75) is 25.8 Å². The summed E-state index contributed by atoms with van der Waals surface area (Å²) in [5, 5.41) is 10.7. The van der Waals surface area contributed by atoms with Crippen molar-refractivity contribution in [3.8, 4) is 0 Å². The lowest BCUT2D eigenvalue weighted by Crippen LogP contribution is -2.40. The second-order valence-corrected chi connectivity index (χ2v) is 7.25. The van der Waals surface area contributed by atoms with Crippen LogP contribution >= 0.6 is 23.6 Å². The smallest absolute Gasteiger partial charge is 0.166 e. The summed E-state index contributed by atoms with van der Waals surface area (Å²) in [4.78, 5) is 4.72. The van der Waals surface area contributed by atoms with Gasteiger partial charge in [-0.25, -0.2) is 0 Å². The van der Waals surface area contributed by atoms with Crippen molar-refractivity contribution in [2.75, 3.05) is 6.54 Å². The van der Waals surface area contributed by atoms with Crippen molar-refractivity contribution in [1.82, 2.24) is 15.6 Å². The quantitative estimate of drug-likeness (QED) is 0.607. The van der Waals surface area contributed by atoms with Crippen molar-refractivity contribution in [3.05, 3.63) is 58.4 Å². The summed E-state index contributed by atoms with van der Waals surface area (Å²) in [5.41, 5.74) is 2.48. The fourth-order valence-electron chi connectivity index (χ4n) is 2.74. The van der Waals surface area contributed by atoms with E-state index < -0.39 is 0 Å². The highest BCUT2D eigenvalue weighted by atomic mass is 32.1. The molecule has 0 aliphatic rings. The monoisotopic (exact) mass is 343 g/mol. The molecule has 0 fully saturated rings. The summed E-state index contributed by atoms with van der Waals surface area (Å²) in [5.74, 6) is 0.276. The summed E-state index contributed by atoms with van der Waals surface area (Å²) in [7, 11) is 0. The van der Waals surface area contributed by atoms with Gasteiger partial charge in [-0.05, 0) is 49.1 Å². The zero-order valence-corrected chi connectivity index (χ0v) is 14.9. The molecule has 3 rings (SSSR count). The lowest BCUT2D eigenvalue weighted by atomic mass is 9.97. The van der Waals surface area contributed by atoms with Crippen LogP contribution in [0.25, 0.3) is 10.9 Å². The number of aromatic amines is 1. The lowest BCUT2D eigenvalue weighted by Gasteiger charge is -2.19. The molecular weight excluding hydrogens is 322 g/mol. The van der Waals surface area contributed by atoms with Crippen molar-refractivity contribution >= 4 is 39.6 Å². The maximum Gasteiger partial charge on any atom is 0.166 e. The van der Waals surface area contributed by atoms with Gasteiger partial charge >= 0.3 is 0 Å². The highest BCUT2D eigenvalue weighted by molar-refractivity contribution is 7.80. The first-order valence-corrected chi connectivity index (χ1v) is 9.07. The molecule has 23 heavy (non-hydrogen) atoms. The Bertz CT molecular complexity index is 775. The first-order valence-electron chi connectivity index (χ1n) is 7.79. The van der Waals surface area contributed by atoms with E-state index in [0.717, 1.165) is 6.54 Å². The molecule has 3 nitrogen and oxygen atoms in total. The zero-order valence-electron chi connectivity index (χ0n) is 13.3. The van der Waals surface area contributed by atoms with Crippen molar-refractivity contribution < 1.29 is 0 Å². The minimum atomic E-state index is 0.276. The van der Waals surface area contributed by atoms with Gasteiger partial charge in [0.15, 0.2) is 5.11 Å². The predicted octanol–water partition coefficient (Wildman–Crippen LogP) is 4.23. The van der Waals surface area contributed by atoms with E-state index >= 15 is 0 Å². The third kappa shape index (κ3) is 3.74. The zero-order chi connectivity index (χ0) is 16.2. The summed E-state index contributed by atoms with van der Waals surface area (Å²) >= 11 is 7.16. The SMILES string of the molecule is CC(C)NC(=S)NC[C@@H](c1cccs1)c1c[nH]c2ccccc12. The van der Waals surface area contributed by atoms with Gasteiger partial charge < -0.3 is 15.6 Å². The predicted molar refractivity (Wildman–Crippen MR) is 103 cm³/mol. The molecule has 2 heterocycles. The second kappa shape index (κ2) is 7.15. The van der Waals surface area contributed by atoms with E-state index in [2.05, 4.69) is 77.4 Å². The van der Waals surface area contributed by atoms with E-state index in [1.54, 1.807) is 11.3 Å². The van der Waals surface area contributed by atoms with Crippen LogP contribution in [0.5, 0.6) is 0 Å². The van der Waals surface area contributed by atoms with Gasteiger partial charge in [-0.3, -0.25) is 0 Å². The first-order chi connectivity index (χ1) is 11.1. The van der Waals surface area contributed by atoms with Crippen LogP contribution < -0.4 is 10.6 Å². The molecule has 0 saturated carbocycles. The molecule has 0 bridgehead atoms. The molecule has 3 N–H and O–H groups in total. The summed E-state index contributed by atoms with van der Waals surface area (Å²) in [6, 6.07) is 13.1. The van der Waals surface area contributed by atoms with Gasteiger partial charge in [0.25, 0.3) is 0 Å². The number of hydrogen-bond acceptors (Lipinski definition) is 2. The Kier molecular flexibility index (Phi) is 4.98. The van der Waals surface area contributed by atoms with Crippen LogP contribution in [0.4, 0.5) is 0 Å². The number of para-hydroxylation sites is 1. The molecule has 0 aliphatic carbocycles. The number of rotatable bonds is 5. The molecule has 1 atom stereocenters. The Balaban J connectivity index is 1.86. The fourth-order valence-corrected chi connectivity index (χ4v) is 3.91. The molecule has 0 saturated heterocycles. The molecule has 0 aliphatic heterocycles. The lowest BCUT2D eigenvalue weighted by molar-refractivity contribution is 0.696. The Morgan fingerprint density at radius 3 is 2.78 bits per heavy atom. The molecule has 0 radical (unpaired) electrons. The molecule has 3 aromatic rings. The number of nitrogens with one attached hydrogen (secondary N) is 3. The normalized spacial score (nSPS) is 12.5. The third-order valence-corrected chi connectivity index (χ3v) is 5.02. The van der Waals surface area contributed by atoms with Gasteiger partial charge in [0.1, 0.15) is 0 Å². The van der Waals surface area contributed by atoms with Crippen LogP contribution in [-0.2, 0) is 0 Å². The number of benzene rings is 1. The summed E-state index contributed by atoms with van der Waals surface area (Å²) in [6.07, 6.45) is 2.12. The van der Waals surface area contributed by atoms with Crippen LogP contribution in [0.2, 0.25) is 0 Å². The van der Waals surface area contributed by atoms with E-state index in [0.29, 0.717) is 11.2 Å². The average molecular weight is 344 g/mol. The van der Waals surface area contributed by atoms with Gasteiger partial charge in [-0.2, -0.15) is 0 Å². The highest BCUT2D eigenvalue weighted by Gasteiger charge is 2.19. The number of thiophene rings is 1. The molecule has 120 valence electrons. The number of fused-ring (bicyclic) bond motifs is 1. The van der Waals surface area contributed by atoms with Crippen LogP contribution in [0.15, 0.2) is 48.0 Å². The van der Waals surface area contributed by atoms with E-state index in [9.17, 15) is 0 Å². The minimum Gasteiger partial charge on any atom is -0.362 e. The first kappa shape index (κ1) is 16.0. The maximum atomic E-state index is 5.38. The van der Waals surface area contributed by atoms with Crippen molar-refractivity contribution in [1.29, 1.82) is 0 Å². The van der Waals surface area contributed by atoms with Crippen molar-refractivity contribution in [3.63, 3.8) is 0 Å².